The van der Waals surface area contributed by atoms with Gasteiger partial charge in [-0.25, -0.2) is 4.98 Å². The molecule has 6 nitrogen and oxygen atoms in total. The highest BCUT2D eigenvalue weighted by molar-refractivity contribution is 14.0. The summed E-state index contributed by atoms with van der Waals surface area (Å²) in [6.07, 6.45) is -2.99. The van der Waals surface area contributed by atoms with Gasteiger partial charge in [0, 0.05) is 32.9 Å². The van der Waals surface area contributed by atoms with Crippen molar-refractivity contribution in [3.8, 4) is 11.6 Å². The van der Waals surface area contributed by atoms with Gasteiger partial charge in [-0.3, -0.25) is 4.99 Å². The lowest BCUT2D eigenvalue weighted by Crippen LogP contribution is -2.40. The zero-order valence-corrected chi connectivity index (χ0v) is 18.5. The number of aromatic nitrogens is 1. The molecule has 160 valence electrons. The normalized spacial score (nSPS) is 11.4. The number of hydrogen-bond acceptors (Lipinski definition) is 4. The van der Waals surface area contributed by atoms with Crippen molar-refractivity contribution in [2.75, 3.05) is 33.9 Å². The van der Waals surface area contributed by atoms with Crippen molar-refractivity contribution in [2.24, 2.45) is 4.99 Å². The molecule has 0 aliphatic heterocycles. The molecular formula is C19H24F3IN4O2. The molecule has 0 aliphatic rings. The number of para-hydroxylation sites is 1. The third-order valence-corrected chi connectivity index (χ3v) is 3.65. The van der Waals surface area contributed by atoms with E-state index in [1.165, 1.54) is 12.3 Å². The fourth-order valence-electron chi connectivity index (χ4n) is 2.28. The summed E-state index contributed by atoms with van der Waals surface area (Å²) in [6, 6.07) is 12.7. The second kappa shape index (κ2) is 12.3. The standard InChI is InChI=1S/C19H23F3N4O2.HI/c1-23-18(26(2)10-11-27-16-6-4-3-5-7-16)25-13-15-8-9-24-17(12-15)28-14-19(20,21)22;/h3-9,12H,10-11,13-14H2,1-2H3,(H,23,25);1H. The number of hydrogen-bond donors (Lipinski definition) is 1. The summed E-state index contributed by atoms with van der Waals surface area (Å²) in [4.78, 5) is 9.88. The summed E-state index contributed by atoms with van der Waals surface area (Å²) < 4.78 is 47.1. The Morgan fingerprint density at radius 2 is 1.90 bits per heavy atom. The highest BCUT2D eigenvalue weighted by Gasteiger charge is 2.28. The van der Waals surface area contributed by atoms with Crippen molar-refractivity contribution in [3.63, 3.8) is 0 Å². The van der Waals surface area contributed by atoms with E-state index in [1.807, 2.05) is 42.3 Å². The molecule has 0 saturated carbocycles. The van der Waals surface area contributed by atoms with Gasteiger partial charge in [0.25, 0.3) is 0 Å². The molecule has 0 aliphatic carbocycles. The van der Waals surface area contributed by atoms with Gasteiger partial charge in [-0.2, -0.15) is 13.2 Å². The van der Waals surface area contributed by atoms with Crippen molar-refractivity contribution in [3.05, 3.63) is 54.2 Å². The van der Waals surface area contributed by atoms with Crippen molar-refractivity contribution < 1.29 is 22.6 Å². The average molecular weight is 524 g/mol. The number of ether oxygens (including phenoxy) is 2. The summed E-state index contributed by atoms with van der Waals surface area (Å²) in [5.41, 5.74) is 0.724. The maximum atomic E-state index is 12.2. The van der Waals surface area contributed by atoms with E-state index >= 15 is 0 Å². The Morgan fingerprint density at radius 3 is 2.55 bits per heavy atom. The second-order valence-electron chi connectivity index (χ2n) is 5.89. The number of pyridine rings is 1. The number of nitrogens with zero attached hydrogens (tertiary/aromatic N) is 3. The molecule has 1 aromatic heterocycles. The van der Waals surface area contributed by atoms with Crippen LogP contribution in [0.3, 0.4) is 0 Å². The zero-order valence-electron chi connectivity index (χ0n) is 16.1. The monoisotopic (exact) mass is 524 g/mol. The summed E-state index contributed by atoms with van der Waals surface area (Å²) in [5, 5.41) is 3.15. The van der Waals surface area contributed by atoms with Gasteiger partial charge in [-0.1, -0.05) is 18.2 Å². The minimum Gasteiger partial charge on any atom is -0.492 e. The van der Waals surface area contributed by atoms with Crippen LogP contribution in [0.25, 0.3) is 0 Å². The predicted molar refractivity (Wildman–Crippen MR) is 116 cm³/mol. The molecule has 0 spiro atoms. The van der Waals surface area contributed by atoms with Gasteiger partial charge in [0.05, 0.1) is 6.54 Å². The molecule has 0 saturated heterocycles. The third kappa shape index (κ3) is 9.68. The van der Waals surface area contributed by atoms with E-state index in [-0.39, 0.29) is 29.9 Å². The number of benzene rings is 1. The summed E-state index contributed by atoms with van der Waals surface area (Å²) in [5.74, 6) is 1.35. The number of aliphatic imine (C=N–C) groups is 1. The number of nitrogens with one attached hydrogen (secondary N) is 1. The molecule has 0 amide bonds. The van der Waals surface area contributed by atoms with Crippen LogP contribution in [0.5, 0.6) is 11.6 Å². The molecule has 0 bridgehead atoms. The lowest BCUT2D eigenvalue weighted by Gasteiger charge is -2.22. The van der Waals surface area contributed by atoms with E-state index in [4.69, 9.17) is 4.74 Å². The van der Waals surface area contributed by atoms with Crippen LogP contribution in [0.1, 0.15) is 5.56 Å². The molecule has 1 aromatic carbocycles. The molecule has 10 heteroatoms. The Hall–Kier alpha value is -2.24. The summed E-state index contributed by atoms with van der Waals surface area (Å²) >= 11 is 0. The number of halogens is 4. The van der Waals surface area contributed by atoms with Gasteiger partial charge < -0.3 is 19.7 Å². The molecule has 29 heavy (non-hydrogen) atoms. The Bertz CT molecular complexity index is 761. The molecule has 1 N–H and O–H groups in total. The second-order valence-corrected chi connectivity index (χ2v) is 5.89. The number of rotatable bonds is 8. The van der Waals surface area contributed by atoms with Gasteiger partial charge in [0.2, 0.25) is 5.88 Å². The first-order chi connectivity index (χ1) is 13.4. The van der Waals surface area contributed by atoms with E-state index in [0.717, 1.165) is 11.3 Å². The molecule has 0 unspecified atom stereocenters. The van der Waals surface area contributed by atoms with Crippen LogP contribution in [-0.2, 0) is 6.54 Å². The van der Waals surface area contributed by atoms with Crippen LogP contribution < -0.4 is 14.8 Å². The van der Waals surface area contributed by atoms with Crippen LogP contribution in [0.15, 0.2) is 53.7 Å². The third-order valence-electron chi connectivity index (χ3n) is 3.65. The maximum Gasteiger partial charge on any atom is 0.422 e. The Labute approximate surface area is 185 Å². The summed E-state index contributed by atoms with van der Waals surface area (Å²) in [7, 11) is 3.52. The van der Waals surface area contributed by atoms with Crippen LogP contribution in [0.4, 0.5) is 13.2 Å². The molecule has 2 rings (SSSR count). The first-order valence-corrected chi connectivity index (χ1v) is 8.61. The van der Waals surface area contributed by atoms with E-state index in [9.17, 15) is 13.2 Å². The predicted octanol–water partition coefficient (Wildman–Crippen LogP) is 3.73. The number of guanidine groups is 1. The van der Waals surface area contributed by atoms with Crippen LogP contribution in [-0.4, -0.2) is 55.9 Å². The summed E-state index contributed by atoms with van der Waals surface area (Å²) in [6.45, 7) is 0.0704. The van der Waals surface area contributed by atoms with Gasteiger partial charge in [-0.15, -0.1) is 24.0 Å². The first-order valence-electron chi connectivity index (χ1n) is 8.61. The van der Waals surface area contributed by atoms with E-state index in [1.54, 1.807) is 13.1 Å². The molecule has 1 heterocycles. The highest BCUT2D eigenvalue weighted by Crippen LogP contribution is 2.17. The van der Waals surface area contributed by atoms with Crippen molar-refractivity contribution in [1.29, 1.82) is 0 Å². The number of alkyl halides is 3. The first kappa shape index (κ1) is 24.8. The molecule has 0 radical (unpaired) electrons. The molecule has 0 fully saturated rings. The fourth-order valence-corrected chi connectivity index (χ4v) is 2.28. The SMILES string of the molecule is CN=C(NCc1ccnc(OCC(F)(F)F)c1)N(C)CCOc1ccccc1.I. The van der Waals surface area contributed by atoms with Crippen molar-refractivity contribution in [1.82, 2.24) is 15.2 Å². The van der Waals surface area contributed by atoms with E-state index in [2.05, 4.69) is 20.0 Å². The smallest absolute Gasteiger partial charge is 0.422 e. The molecule has 0 atom stereocenters. The maximum absolute atomic E-state index is 12.2. The minimum absolute atomic E-state index is 0. The quantitative estimate of drug-likeness (QED) is 0.324. The molecule has 2 aromatic rings. The topological polar surface area (TPSA) is 59.0 Å². The Balaban J connectivity index is 0.00000420. The van der Waals surface area contributed by atoms with Gasteiger partial charge in [-0.05, 0) is 23.8 Å². The Morgan fingerprint density at radius 1 is 1.17 bits per heavy atom. The zero-order chi connectivity index (χ0) is 20.4. The minimum atomic E-state index is -4.40. The van der Waals surface area contributed by atoms with Crippen LogP contribution in [0.2, 0.25) is 0 Å². The largest absolute Gasteiger partial charge is 0.492 e. The molecular weight excluding hydrogens is 500 g/mol. The van der Waals surface area contributed by atoms with Crippen LogP contribution in [0, 0.1) is 0 Å². The lowest BCUT2D eigenvalue weighted by atomic mass is 10.2. The van der Waals surface area contributed by atoms with Gasteiger partial charge >= 0.3 is 6.18 Å². The van der Waals surface area contributed by atoms with E-state index in [0.29, 0.717) is 25.7 Å². The highest BCUT2D eigenvalue weighted by atomic mass is 127. The van der Waals surface area contributed by atoms with Gasteiger partial charge in [0.15, 0.2) is 12.6 Å². The van der Waals surface area contributed by atoms with Crippen molar-refractivity contribution in [2.45, 2.75) is 12.7 Å². The van der Waals surface area contributed by atoms with Crippen molar-refractivity contribution >= 4 is 29.9 Å². The lowest BCUT2D eigenvalue weighted by molar-refractivity contribution is -0.154. The number of likely N-dealkylation sites (N-methyl/N-ethyl adjacent to an activating group) is 1. The average Bonchev–Trinajstić information content (AvgIpc) is 2.67. The Kier molecular flexibility index (Phi) is 10.6. The van der Waals surface area contributed by atoms with E-state index < -0.39 is 12.8 Å². The van der Waals surface area contributed by atoms with Crippen LogP contribution >= 0.6 is 24.0 Å². The fraction of sp³-hybridized carbons (Fsp3) is 0.368. The van der Waals surface area contributed by atoms with Gasteiger partial charge in [0.1, 0.15) is 12.4 Å².